The van der Waals surface area contributed by atoms with Crippen molar-refractivity contribution in [3.63, 3.8) is 0 Å². The summed E-state index contributed by atoms with van der Waals surface area (Å²) in [5, 5.41) is 0. The molecule has 5 heteroatoms. The number of nitrogens with zero attached hydrogens (tertiary/aromatic N) is 4. The molecule has 1 saturated carbocycles. The maximum atomic E-state index is 12.9. The van der Waals surface area contributed by atoms with E-state index in [2.05, 4.69) is 57.2 Å². The van der Waals surface area contributed by atoms with Gasteiger partial charge in [-0.2, -0.15) is 0 Å². The van der Waals surface area contributed by atoms with Crippen LogP contribution in [0.5, 0.6) is 0 Å². The molecule has 0 bridgehead atoms. The number of aromatic nitrogens is 2. The molecule has 0 radical (unpaired) electrons. The van der Waals surface area contributed by atoms with E-state index in [-0.39, 0.29) is 11.5 Å². The summed E-state index contributed by atoms with van der Waals surface area (Å²) in [6.07, 6.45) is 8.19. The Balaban J connectivity index is 1.60. The highest BCUT2D eigenvalue weighted by Gasteiger charge is 2.51. The van der Waals surface area contributed by atoms with Crippen LogP contribution in [0.2, 0.25) is 0 Å². The van der Waals surface area contributed by atoms with Gasteiger partial charge in [0.2, 0.25) is 5.91 Å². The van der Waals surface area contributed by atoms with Crippen molar-refractivity contribution in [3.05, 3.63) is 54.5 Å². The molecule has 140 valence electrons. The number of likely N-dealkylation sites (tertiary alicyclic amines) is 1. The number of pyridine rings is 1. The second-order valence-corrected chi connectivity index (χ2v) is 8.32. The molecule has 2 aliphatic heterocycles. The van der Waals surface area contributed by atoms with Crippen LogP contribution in [0.3, 0.4) is 0 Å². The summed E-state index contributed by atoms with van der Waals surface area (Å²) >= 11 is 0. The molecule has 1 aliphatic carbocycles. The third-order valence-corrected chi connectivity index (χ3v) is 6.47. The molecule has 2 aromatic rings. The first-order valence-electron chi connectivity index (χ1n) is 9.94. The van der Waals surface area contributed by atoms with Gasteiger partial charge in [-0.15, -0.1) is 0 Å². The van der Waals surface area contributed by atoms with E-state index < -0.39 is 0 Å². The summed E-state index contributed by atoms with van der Waals surface area (Å²) in [6, 6.07) is 8.43. The molecule has 1 atom stereocenters. The molecule has 2 fully saturated rings. The summed E-state index contributed by atoms with van der Waals surface area (Å²) < 4.78 is 2.21. The van der Waals surface area contributed by atoms with Crippen molar-refractivity contribution in [2.24, 2.45) is 5.92 Å². The van der Waals surface area contributed by atoms with E-state index in [1.807, 2.05) is 12.3 Å². The van der Waals surface area contributed by atoms with Gasteiger partial charge in [0.05, 0.1) is 11.4 Å². The van der Waals surface area contributed by atoms with E-state index in [1.165, 1.54) is 12.1 Å². The van der Waals surface area contributed by atoms with Crippen molar-refractivity contribution in [2.45, 2.75) is 38.1 Å². The molecule has 2 aromatic heterocycles. The Bertz CT molecular complexity index is 913. The number of amides is 1. The number of anilines is 1. The third kappa shape index (κ3) is 2.37. The second kappa shape index (κ2) is 5.98. The van der Waals surface area contributed by atoms with E-state index in [0.717, 1.165) is 56.0 Å². The van der Waals surface area contributed by atoms with Crippen LogP contribution in [0, 0.1) is 5.92 Å². The van der Waals surface area contributed by atoms with E-state index in [9.17, 15) is 4.79 Å². The SMILES string of the molecule is C=C(C)CN1c2cccnc2-n2cccc2[C@]12CCN(C(=O)C1CCC1)C2. The third-order valence-electron chi connectivity index (χ3n) is 6.47. The molecule has 0 aromatic carbocycles. The zero-order valence-corrected chi connectivity index (χ0v) is 15.9. The average molecular weight is 362 g/mol. The van der Waals surface area contributed by atoms with Crippen molar-refractivity contribution < 1.29 is 4.79 Å². The quantitative estimate of drug-likeness (QED) is 0.785. The molecule has 1 amide bonds. The predicted molar refractivity (Wildman–Crippen MR) is 106 cm³/mol. The monoisotopic (exact) mass is 362 g/mol. The molecule has 3 aliphatic rings. The van der Waals surface area contributed by atoms with Crippen LogP contribution >= 0.6 is 0 Å². The largest absolute Gasteiger partial charge is 0.351 e. The Labute approximate surface area is 160 Å². The van der Waals surface area contributed by atoms with Crippen molar-refractivity contribution in [2.75, 3.05) is 24.5 Å². The lowest BCUT2D eigenvalue weighted by Crippen LogP contribution is -2.53. The zero-order chi connectivity index (χ0) is 18.6. The summed E-state index contributed by atoms with van der Waals surface area (Å²) in [5.74, 6) is 1.57. The summed E-state index contributed by atoms with van der Waals surface area (Å²) in [6.45, 7) is 8.59. The first kappa shape index (κ1) is 16.6. The van der Waals surface area contributed by atoms with Gasteiger partial charge in [-0.05, 0) is 50.5 Å². The lowest BCUT2D eigenvalue weighted by Gasteiger charge is -2.47. The smallest absolute Gasteiger partial charge is 0.225 e. The lowest BCUT2D eigenvalue weighted by atomic mass is 9.84. The van der Waals surface area contributed by atoms with Gasteiger partial charge in [-0.1, -0.05) is 18.6 Å². The van der Waals surface area contributed by atoms with Crippen molar-refractivity contribution in [1.82, 2.24) is 14.5 Å². The highest BCUT2D eigenvalue weighted by molar-refractivity contribution is 5.80. The molecule has 5 rings (SSSR count). The average Bonchev–Trinajstić information content (AvgIpc) is 3.25. The minimum atomic E-state index is -0.210. The first-order valence-corrected chi connectivity index (χ1v) is 9.94. The molecular weight excluding hydrogens is 336 g/mol. The number of hydrogen-bond donors (Lipinski definition) is 0. The number of rotatable bonds is 3. The summed E-state index contributed by atoms with van der Waals surface area (Å²) in [4.78, 5) is 22.2. The topological polar surface area (TPSA) is 41.4 Å². The van der Waals surface area contributed by atoms with Gasteiger partial charge in [0.25, 0.3) is 0 Å². The van der Waals surface area contributed by atoms with Crippen LogP contribution in [-0.4, -0.2) is 40.0 Å². The van der Waals surface area contributed by atoms with Gasteiger partial charge in [-0.25, -0.2) is 4.98 Å². The van der Waals surface area contributed by atoms with E-state index in [1.54, 1.807) is 0 Å². The van der Waals surface area contributed by atoms with Crippen molar-refractivity contribution in [3.8, 4) is 5.82 Å². The minimum Gasteiger partial charge on any atom is -0.351 e. The van der Waals surface area contributed by atoms with Gasteiger partial charge >= 0.3 is 0 Å². The molecule has 0 N–H and O–H groups in total. The Morgan fingerprint density at radius 1 is 1.33 bits per heavy atom. The standard InChI is InChI=1S/C22H26N4O/c1-16(2)14-26-18-8-4-11-23-20(18)25-12-5-9-19(25)22(26)10-13-24(15-22)21(27)17-6-3-7-17/h4-5,8-9,11-12,17H,1,3,6-7,10,13-15H2,2H3/t22-/m1/s1. The Kier molecular flexibility index (Phi) is 3.67. The van der Waals surface area contributed by atoms with Crippen molar-refractivity contribution in [1.29, 1.82) is 0 Å². The zero-order valence-electron chi connectivity index (χ0n) is 15.9. The molecular formula is C22H26N4O. The fourth-order valence-corrected chi connectivity index (χ4v) is 4.93. The van der Waals surface area contributed by atoms with Crippen LogP contribution in [-0.2, 0) is 10.3 Å². The van der Waals surface area contributed by atoms with Gasteiger partial charge in [-0.3, -0.25) is 4.79 Å². The summed E-state index contributed by atoms with van der Waals surface area (Å²) in [5.41, 5.74) is 3.27. The molecule has 1 saturated heterocycles. The molecule has 0 unspecified atom stereocenters. The Hall–Kier alpha value is -2.56. The molecule has 4 heterocycles. The van der Waals surface area contributed by atoms with E-state index >= 15 is 0 Å². The van der Waals surface area contributed by atoms with Crippen LogP contribution < -0.4 is 4.90 Å². The van der Waals surface area contributed by atoms with Gasteiger partial charge in [0, 0.05) is 37.9 Å². The van der Waals surface area contributed by atoms with Crippen LogP contribution in [0.1, 0.15) is 38.3 Å². The number of hydrogen-bond acceptors (Lipinski definition) is 3. The molecule has 5 nitrogen and oxygen atoms in total. The van der Waals surface area contributed by atoms with E-state index in [0.29, 0.717) is 5.91 Å². The lowest BCUT2D eigenvalue weighted by molar-refractivity contribution is -0.137. The minimum absolute atomic E-state index is 0.210. The number of carbonyl (C=O) groups excluding carboxylic acids is 1. The maximum absolute atomic E-state index is 12.9. The molecule has 27 heavy (non-hydrogen) atoms. The Morgan fingerprint density at radius 2 is 2.19 bits per heavy atom. The fraction of sp³-hybridized carbons (Fsp3) is 0.455. The normalized spacial score (nSPS) is 23.9. The van der Waals surface area contributed by atoms with Gasteiger partial charge < -0.3 is 14.4 Å². The first-order chi connectivity index (χ1) is 13.1. The summed E-state index contributed by atoms with van der Waals surface area (Å²) in [7, 11) is 0. The van der Waals surface area contributed by atoms with Gasteiger partial charge in [0.15, 0.2) is 5.82 Å². The van der Waals surface area contributed by atoms with Crippen molar-refractivity contribution >= 4 is 11.6 Å². The highest BCUT2D eigenvalue weighted by atomic mass is 16.2. The van der Waals surface area contributed by atoms with Crippen LogP contribution in [0.15, 0.2) is 48.8 Å². The maximum Gasteiger partial charge on any atom is 0.225 e. The molecule has 1 spiro atoms. The van der Waals surface area contributed by atoms with Crippen LogP contribution in [0.25, 0.3) is 5.82 Å². The highest BCUT2D eigenvalue weighted by Crippen LogP contribution is 2.47. The Morgan fingerprint density at radius 3 is 2.93 bits per heavy atom. The predicted octanol–water partition coefficient (Wildman–Crippen LogP) is 3.50. The number of fused-ring (bicyclic) bond motifs is 4. The second-order valence-electron chi connectivity index (χ2n) is 8.32. The van der Waals surface area contributed by atoms with E-state index in [4.69, 9.17) is 0 Å². The number of carbonyl (C=O) groups is 1. The van der Waals surface area contributed by atoms with Gasteiger partial charge in [0.1, 0.15) is 5.54 Å². The van der Waals surface area contributed by atoms with Crippen LogP contribution in [0.4, 0.5) is 5.69 Å². The fourth-order valence-electron chi connectivity index (χ4n) is 4.93.